The summed E-state index contributed by atoms with van der Waals surface area (Å²) in [6.45, 7) is 1.20. The van der Waals surface area contributed by atoms with Crippen molar-refractivity contribution in [1.82, 2.24) is 24.6 Å². The van der Waals surface area contributed by atoms with Crippen LogP contribution in [0.15, 0.2) is 53.9 Å². The fraction of sp³-hybridized carbons (Fsp3) is 0.318. The third-order valence-corrected chi connectivity index (χ3v) is 6.06. The molecular weight excluding hydrogens is 396 g/mol. The molecule has 1 aromatic carbocycles. The van der Waals surface area contributed by atoms with Gasteiger partial charge in [-0.25, -0.2) is 0 Å². The van der Waals surface area contributed by atoms with E-state index in [0.717, 1.165) is 48.0 Å². The van der Waals surface area contributed by atoms with E-state index in [-0.39, 0.29) is 5.91 Å². The Labute approximate surface area is 179 Å². The molecular formula is C22H22N6OS. The zero-order valence-electron chi connectivity index (χ0n) is 16.6. The molecule has 4 rings (SSSR count). The summed E-state index contributed by atoms with van der Waals surface area (Å²) in [5.74, 6) is 1.62. The van der Waals surface area contributed by atoms with Crippen LogP contribution in [0.3, 0.4) is 0 Å². The summed E-state index contributed by atoms with van der Waals surface area (Å²) in [6.07, 6.45) is 7.17. The molecule has 2 aromatic heterocycles. The van der Waals surface area contributed by atoms with Crippen molar-refractivity contribution >= 4 is 17.7 Å². The number of amides is 1. The zero-order chi connectivity index (χ0) is 20.8. The first-order valence-electron chi connectivity index (χ1n) is 9.99. The van der Waals surface area contributed by atoms with Gasteiger partial charge in [0.1, 0.15) is 0 Å². The van der Waals surface area contributed by atoms with Crippen LogP contribution >= 0.6 is 11.8 Å². The van der Waals surface area contributed by atoms with Crippen molar-refractivity contribution in [3.8, 4) is 11.8 Å². The number of nitrogens with zero attached hydrogens (tertiary/aromatic N) is 6. The van der Waals surface area contributed by atoms with Crippen molar-refractivity contribution in [2.24, 2.45) is 0 Å². The molecule has 1 aliphatic rings. The van der Waals surface area contributed by atoms with Crippen LogP contribution in [0.5, 0.6) is 0 Å². The van der Waals surface area contributed by atoms with Crippen LogP contribution in [0.4, 0.5) is 0 Å². The van der Waals surface area contributed by atoms with E-state index in [9.17, 15) is 4.79 Å². The standard InChI is InChI=1S/C22H22N6OS/c23-13-17-7-9-18(10-8-17)16-30-22-26-25-20(28(22)19-5-4-11-24-14-19)15-27-12-3-1-2-6-21(27)29/h4-5,7-11,14H,1-3,6,12,15-16H2. The van der Waals surface area contributed by atoms with Crippen LogP contribution in [0, 0.1) is 11.3 Å². The van der Waals surface area contributed by atoms with Crippen LogP contribution in [0.25, 0.3) is 5.69 Å². The van der Waals surface area contributed by atoms with Crippen LogP contribution in [-0.4, -0.2) is 37.1 Å². The van der Waals surface area contributed by atoms with E-state index in [4.69, 9.17) is 5.26 Å². The van der Waals surface area contributed by atoms with Crippen molar-refractivity contribution in [3.05, 3.63) is 65.7 Å². The maximum atomic E-state index is 12.5. The van der Waals surface area contributed by atoms with Crippen LogP contribution in [-0.2, 0) is 17.1 Å². The van der Waals surface area contributed by atoms with E-state index in [0.29, 0.717) is 24.3 Å². The minimum atomic E-state index is 0.181. The molecule has 3 heterocycles. The number of pyridine rings is 1. The van der Waals surface area contributed by atoms with E-state index >= 15 is 0 Å². The van der Waals surface area contributed by atoms with Crippen molar-refractivity contribution < 1.29 is 4.79 Å². The van der Waals surface area contributed by atoms with Gasteiger partial charge in [0.15, 0.2) is 11.0 Å². The van der Waals surface area contributed by atoms with E-state index in [2.05, 4.69) is 21.3 Å². The second-order valence-corrected chi connectivity index (χ2v) is 8.11. The number of hydrogen-bond donors (Lipinski definition) is 0. The van der Waals surface area contributed by atoms with Gasteiger partial charge in [0.2, 0.25) is 5.91 Å². The monoisotopic (exact) mass is 418 g/mol. The molecule has 0 radical (unpaired) electrons. The summed E-state index contributed by atoms with van der Waals surface area (Å²) < 4.78 is 1.99. The van der Waals surface area contributed by atoms with Crippen LogP contribution in [0.1, 0.15) is 42.6 Å². The smallest absolute Gasteiger partial charge is 0.222 e. The van der Waals surface area contributed by atoms with Gasteiger partial charge in [-0.15, -0.1) is 10.2 Å². The molecule has 1 amide bonds. The Bertz CT molecular complexity index is 1040. The molecule has 1 saturated heterocycles. The predicted molar refractivity (Wildman–Crippen MR) is 114 cm³/mol. The average Bonchev–Trinajstić information content (AvgIpc) is 3.08. The summed E-state index contributed by atoms with van der Waals surface area (Å²) in [5, 5.41) is 18.5. The molecule has 0 aliphatic carbocycles. The highest BCUT2D eigenvalue weighted by atomic mass is 32.2. The first kappa shape index (κ1) is 20.1. The Morgan fingerprint density at radius 1 is 1.10 bits per heavy atom. The molecule has 0 unspecified atom stereocenters. The molecule has 8 heteroatoms. The Morgan fingerprint density at radius 2 is 1.97 bits per heavy atom. The molecule has 152 valence electrons. The van der Waals surface area contributed by atoms with Crippen LogP contribution < -0.4 is 0 Å². The minimum absolute atomic E-state index is 0.181. The number of carbonyl (C=O) groups is 1. The van der Waals surface area contributed by atoms with Gasteiger partial charge in [0.05, 0.1) is 30.1 Å². The molecule has 0 N–H and O–H groups in total. The zero-order valence-corrected chi connectivity index (χ0v) is 17.4. The summed E-state index contributed by atoms with van der Waals surface area (Å²) in [5.41, 5.74) is 2.62. The summed E-state index contributed by atoms with van der Waals surface area (Å²) in [7, 11) is 0. The predicted octanol–water partition coefficient (Wildman–Crippen LogP) is 3.73. The largest absolute Gasteiger partial charge is 0.335 e. The Hall–Kier alpha value is -3.18. The fourth-order valence-corrected chi connectivity index (χ4v) is 4.37. The normalized spacial score (nSPS) is 14.4. The van der Waals surface area contributed by atoms with Gasteiger partial charge < -0.3 is 4.90 Å². The van der Waals surface area contributed by atoms with E-state index in [1.807, 2.05) is 45.9 Å². The highest BCUT2D eigenvalue weighted by molar-refractivity contribution is 7.98. The summed E-state index contributed by atoms with van der Waals surface area (Å²) in [4.78, 5) is 18.6. The quantitative estimate of drug-likeness (QED) is 0.567. The van der Waals surface area contributed by atoms with Crippen molar-refractivity contribution in [2.45, 2.75) is 43.1 Å². The second kappa shape index (κ2) is 9.55. The number of carbonyl (C=O) groups excluding carboxylic acids is 1. The molecule has 0 saturated carbocycles. The maximum Gasteiger partial charge on any atom is 0.222 e. The van der Waals surface area contributed by atoms with Gasteiger partial charge in [-0.05, 0) is 42.7 Å². The van der Waals surface area contributed by atoms with E-state index < -0.39 is 0 Å². The first-order valence-corrected chi connectivity index (χ1v) is 11.0. The number of nitriles is 1. The number of thioether (sulfide) groups is 1. The van der Waals surface area contributed by atoms with Crippen molar-refractivity contribution in [2.75, 3.05) is 6.54 Å². The summed E-state index contributed by atoms with van der Waals surface area (Å²) >= 11 is 1.57. The van der Waals surface area contributed by atoms with Gasteiger partial charge in [-0.3, -0.25) is 14.3 Å². The minimum Gasteiger partial charge on any atom is -0.335 e. The molecule has 3 aromatic rings. The van der Waals surface area contributed by atoms with E-state index in [1.165, 1.54) is 0 Å². The lowest BCUT2D eigenvalue weighted by molar-refractivity contribution is -0.131. The van der Waals surface area contributed by atoms with Gasteiger partial charge in [-0.1, -0.05) is 30.3 Å². The first-order chi connectivity index (χ1) is 14.7. The lowest BCUT2D eigenvalue weighted by atomic mass is 10.2. The Kier molecular flexibility index (Phi) is 6.40. The van der Waals surface area contributed by atoms with E-state index in [1.54, 1.807) is 24.2 Å². The molecule has 0 atom stereocenters. The molecule has 30 heavy (non-hydrogen) atoms. The summed E-state index contributed by atoms with van der Waals surface area (Å²) in [6, 6.07) is 13.5. The van der Waals surface area contributed by atoms with Gasteiger partial charge in [0, 0.05) is 24.9 Å². The number of likely N-dealkylation sites (tertiary alicyclic amines) is 1. The maximum absolute atomic E-state index is 12.5. The number of benzene rings is 1. The molecule has 1 aliphatic heterocycles. The topological polar surface area (TPSA) is 87.7 Å². The molecule has 0 bridgehead atoms. The fourth-order valence-electron chi connectivity index (χ4n) is 3.44. The second-order valence-electron chi connectivity index (χ2n) is 7.17. The average molecular weight is 419 g/mol. The number of aromatic nitrogens is 4. The molecule has 7 nitrogen and oxygen atoms in total. The molecule has 0 spiro atoms. The lowest BCUT2D eigenvalue weighted by Crippen LogP contribution is -2.31. The number of hydrogen-bond acceptors (Lipinski definition) is 6. The van der Waals surface area contributed by atoms with Crippen molar-refractivity contribution in [3.63, 3.8) is 0 Å². The molecule has 1 fully saturated rings. The van der Waals surface area contributed by atoms with Gasteiger partial charge >= 0.3 is 0 Å². The Balaban J connectivity index is 1.58. The lowest BCUT2D eigenvalue weighted by Gasteiger charge is -2.20. The number of rotatable bonds is 6. The van der Waals surface area contributed by atoms with Gasteiger partial charge in [0.25, 0.3) is 0 Å². The SMILES string of the molecule is N#Cc1ccc(CSc2nnc(CN3CCCCCC3=O)n2-c2cccnc2)cc1. The third-order valence-electron chi connectivity index (χ3n) is 5.06. The highest BCUT2D eigenvalue weighted by Gasteiger charge is 2.22. The Morgan fingerprint density at radius 3 is 2.73 bits per heavy atom. The van der Waals surface area contributed by atoms with Crippen molar-refractivity contribution in [1.29, 1.82) is 5.26 Å². The third kappa shape index (κ3) is 4.69. The van der Waals surface area contributed by atoms with Gasteiger partial charge in [-0.2, -0.15) is 5.26 Å². The van der Waals surface area contributed by atoms with Crippen LogP contribution in [0.2, 0.25) is 0 Å². The highest BCUT2D eigenvalue weighted by Crippen LogP contribution is 2.26.